The van der Waals surface area contributed by atoms with Gasteiger partial charge >= 0.3 is 0 Å². The lowest BCUT2D eigenvalue weighted by molar-refractivity contribution is -0.307. The van der Waals surface area contributed by atoms with Crippen LogP contribution in [-0.4, -0.2) is 47.2 Å². The number of aliphatic hydroxyl groups is 1. The second-order valence-electron chi connectivity index (χ2n) is 9.27. The average molecular weight is 400 g/mol. The highest BCUT2D eigenvalue weighted by molar-refractivity contribution is 6.33. The third kappa shape index (κ3) is 2.62. The minimum Gasteiger partial charge on any atom is -0.384 e. The summed E-state index contributed by atoms with van der Waals surface area (Å²) in [6.07, 6.45) is 3.58. The SMILES string of the molecule is CC1(C)C(N2CCN(c3cnccc3Cl)CC2)C(C)(C)C1(O)c1ccccc1. The Kier molecular flexibility index (Phi) is 4.72. The lowest BCUT2D eigenvalue weighted by Crippen LogP contribution is -2.79. The number of rotatable bonds is 3. The van der Waals surface area contributed by atoms with Gasteiger partial charge in [0.2, 0.25) is 0 Å². The van der Waals surface area contributed by atoms with Crippen molar-refractivity contribution in [1.82, 2.24) is 9.88 Å². The summed E-state index contributed by atoms with van der Waals surface area (Å²) >= 11 is 6.36. The van der Waals surface area contributed by atoms with Crippen LogP contribution in [0.1, 0.15) is 33.3 Å². The van der Waals surface area contributed by atoms with Gasteiger partial charge < -0.3 is 10.0 Å². The zero-order valence-electron chi connectivity index (χ0n) is 17.2. The Morgan fingerprint density at radius 2 is 1.57 bits per heavy atom. The molecule has 1 saturated heterocycles. The molecule has 0 bridgehead atoms. The van der Waals surface area contributed by atoms with Crippen molar-refractivity contribution in [2.24, 2.45) is 10.8 Å². The third-order valence-corrected chi connectivity index (χ3v) is 7.51. The van der Waals surface area contributed by atoms with E-state index >= 15 is 0 Å². The van der Waals surface area contributed by atoms with Crippen molar-refractivity contribution in [2.75, 3.05) is 31.1 Å². The number of piperazine rings is 1. The first-order chi connectivity index (χ1) is 13.2. The van der Waals surface area contributed by atoms with Crippen LogP contribution < -0.4 is 4.90 Å². The van der Waals surface area contributed by atoms with Crippen LogP contribution in [0.25, 0.3) is 0 Å². The third-order valence-electron chi connectivity index (χ3n) is 7.19. The maximum absolute atomic E-state index is 11.8. The molecule has 0 amide bonds. The maximum atomic E-state index is 11.8. The van der Waals surface area contributed by atoms with Gasteiger partial charge in [0.15, 0.2) is 0 Å². The van der Waals surface area contributed by atoms with Crippen molar-refractivity contribution in [3.63, 3.8) is 0 Å². The van der Waals surface area contributed by atoms with E-state index in [2.05, 4.69) is 54.6 Å². The van der Waals surface area contributed by atoms with Crippen LogP contribution in [0, 0.1) is 10.8 Å². The number of aromatic nitrogens is 1. The predicted octanol–water partition coefficient (Wildman–Crippen LogP) is 4.18. The highest BCUT2D eigenvalue weighted by Gasteiger charge is 2.73. The van der Waals surface area contributed by atoms with Gasteiger partial charge in [0.1, 0.15) is 5.60 Å². The minimum absolute atomic E-state index is 0.244. The highest BCUT2D eigenvalue weighted by atomic mass is 35.5. The molecule has 2 fully saturated rings. The van der Waals surface area contributed by atoms with Crippen molar-refractivity contribution in [1.29, 1.82) is 0 Å². The highest BCUT2D eigenvalue weighted by Crippen LogP contribution is 2.68. The van der Waals surface area contributed by atoms with Crippen LogP contribution in [0.5, 0.6) is 0 Å². The number of pyridine rings is 1. The van der Waals surface area contributed by atoms with E-state index in [0.29, 0.717) is 6.04 Å². The number of nitrogens with zero attached hydrogens (tertiary/aromatic N) is 3. The number of hydrogen-bond donors (Lipinski definition) is 1. The van der Waals surface area contributed by atoms with Crippen LogP contribution in [0.15, 0.2) is 48.8 Å². The van der Waals surface area contributed by atoms with Crippen molar-refractivity contribution >= 4 is 17.3 Å². The fourth-order valence-electron chi connectivity index (χ4n) is 6.21. The molecule has 4 rings (SSSR count). The molecular formula is C23H30ClN3O. The van der Waals surface area contributed by atoms with E-state index in [-0.39, 0.29) is 10.8 Å². The van der Waals surface area contributed by atoms with E-state index in [0.717, 1.165) is 42.5 Å². The van der Waals surface area contributed by atoms with Crippen LogP contribution in [-0.2, 0) is 5.60 Å². The molecule has 4 nitrogen and oxygen atoms in total. The molecule has 0 spiro atoms. The van der Waals surface area contributed by atoms with Gasteiger partial charge in [-0.25, -0.2) is 0 Å². The molecule has 28 heavy (non-hydrogen) atoms. The first-order valence-corrected chi connectivity index (χ1v) is 10.5. The Labute approximate surface area is 173 Å². The Morgan fingerprint density at radius 1 is 0.964 bits per heavy atom. The molecule has 150 valence electrons. The molecule has 0 atom stereocenters. The zero-order chi connectivity index (χ0) is 20.2. The molecule has 1 N–H and O–H groups in total. The molecule has 1 aromatic heterocycles. The first kappa shape index (κ1) is 19.7. The zero-order valence-corrected chi connectivity index (χ0v) is 17.9. The lowest BCUT2D eigenvalue weighted by Gasteiger charge is -2.72. The van der Waals surface area contributed by atoms with Gasteiger partial charge in [-0.3, -0.25) is 9.88 Å². The van der Waals surface area contributed by atoms with Crippen molar-refractivity contribution in [3.8, 4) is 0 Å². The maximum Gasteiger partial charge on any atom is 0.103 e. The Hall–Kier alpha value is -1.62. The van der Waals surface area contributed by atoms with Gasteiger partial charge in [-0.1, -0.05) is 69.6 Å². The quantitative estimate of drug-likeness (QED) is 0.840. The fraction of sp³-hybridized carbons (Fsp3) is 0.522. The molecule has 0 unspecified atom stereocenters. The molecule has 2 aromatic rings. The van der Waals surface area contributed by atoms with Crippen LogP contribution >= 0.6 is 11.6 Å². The largest absolute Gasteiger partial charge is 0.384 e. The molecule has 2 heterocycles. The van der Waals surface area contributed by atoms with Gasteiger partial charge in [-0.05, 0) is 11.6 Å². The van der Waals surface area contributed by atoms with Gasteiger partial charge in [0.05, 0.1) is 16.9 Å². The minimum atomic E-state index is -0.851. The molecule has 1 saturated carbocycles. The normalized spacial score (nSPS) is 29.4. The smallest absolute Gasteiger partial charge is 0.103 e. The van der Waals surface area contributed by atoms with Crippen molar-refractivity contribution < 1.29 is 5.11 Å². The first-order valence-electron chi connectivity index (χ1n) is 10.1. The van der Waals surface area contributed by atoms with Crippen molar-refractivity contribution in [3.05, 3.63) is 59.4 Å². The number of anilines is 1. The second kappa shape index (κ2) is 6.72. The Morgan fingerprint density at radius 3 is 2.14 bits per heavy atom. The van der Waals surface area contributed by atoms with Crippen LogP contribution in [0.2, 0.25) is 5.02 Å². The standard InChI is InChI=1S/C23H30ClN3O/c1-21(2)20(22(3,4)23(21,28)17-8-6-5-7-9-17)27-14-12-26(13-15-27)19-16-25-11-10-18(19)24/h5-11,16,20,28H,12-15H2,1-4H3. The summed E-state index contributed by atoms with van der Waals surface area (Å²) in [4.78, 5) is 9.10. The molecule has 5 heteroatoms. The van der Waals surface area contributed by atoms with Crippen molar-refractivity contribution in [2.45, 2.75) is 39.3 Å². The van der Waals surface area contributed by atoms with Crippen LogP contribution in [0.4, 0.5) is 5.69 Å². The molecule has 1 aromatic carbocycles. The summed E-state index contributed by atoms with van der Waals surface area (Å²) < 4.78 is 0. The number of benzene rings is 1. The van der Waals surface area contributed by atoms with Gasteiger partial charge in [-0.2, -0.15) is 0 Å². The Balaban J connectivity index is 1.54. The summed E-state index contributed by atoms with van der Waals surface area (Å²) in [5, 5.41) is 12.6. The molecule has 2 aliphatic rings. The van der Waals surface area contributed by atoms with E-state index in [1.807, 2.05) is 30.5 Å². The summed E-state index contributed by atoms with van der Waals surface area (Å²) in [5.41, 5.74) is 0.687. The second-order valence-corrected chi connectivity index (χ2v) is 9.68. The van der Waals surface area contributed by atoms with E-state index in [1.54, 1.807) is 6.20 Å². The lowest BCUT2D eigenvalue weighted by atomic mass is 9.39. The Bertz CT molecular complexity index is 828. The van der Waals surface area contributed by atoms with E-state index in [1.165, 1.54) is 0 Å². The van der Waals surface area contributed by atoms with Gasteiger partial charge in [0, 0.05) is 49.2 Å². The van der Waals surface area contributed by atoms with Gasteiger partial charge in [0.25, 0.3) is 0 Å². The summed E-state index contributed by atoms with van der Waals surface area (Å²) in [6, 6.07) is 12.3. The topological polar surface area (TPSA) is 39.6 Å². The molecular weight excluding hydrogens is 370 g/mol. The fourth-order valence-corrected chi connectivity index (χ4v) is 6.43. The number of halogens is 1. The molecule has 1 aliphatic carbocycles. The van der Waals surface area contributed by atoms with E-state index in [9.17, 15) is 5.11 Å². The monoisotopic (exact) mass is 399 g/mol. The summed E-state index contributed by atoms with van der Waals surface area (Å²) in [6.45, 7) is 12.6. The predicted molar refractivity (Wildman–Crippen MR) is 115 cm³/mol. The van der Waals surface area contributed by atoms with E-state index < -0.39 is 5.60 Å². The molecule has 1 aliphatic heterocycles. The summed E-state index contributed by atoms with van der Waals surface area (Å²) in [5.74, 6) is 0. The average Bonchev–Trinajstić information content (AvgIpc) is 2.68. The summed E-state index contributed by atoms with van der Waals surface area (Å²) in [7, 11) is 0. The van der Waals surface area contributed by atoms with E-state index in [4.69, 9.17) is 11.6 Å². The molecule has 0 radical (unpaired) electrons. The van der Waals surface area contributed by atoms with Gasteiger partial charge in [-0.15, -0.1) is 0 Å². The van der Waals surface area contributed by atoms with Crippen LogP contribution in [0.3, 0.4) is 0 Å². The number of hydrogen-bond acceptors (Lipinski definition) is 4.